The van der Waals surface area contributed by atoms with Crippen LogP contribution in [-0.4, -0.2) is 28.7 Å². The van der Waals surface area contributed by atoms with Gasteiger partial charge in [0.1, 0.15) is 11.6 Å². The minimum atomic E-state index is -0.748. The summed E-state index contributed by atoms with van der Waals surface area (Å²) in [5.74, 6) is -0.913. The highest BCUT2D eigenvalue weighted by atomic mass is 16.6. The zero-order chi connectivity index (χ0) is 13.9. The molecule has 1 rings (SSSR count). The first-order valence-electron chi connectivity index (χ1n) is 5.66. The van der Waals surface area contributed by atoms with Crippen molar-refractivity contribution < 1.29 is 18.8 Å². The standard InChI is InChI=1S/C12H18N2O4/c1-7-6-9(18-14-7)10(15)13-8(2)11(16)17-12(3,4)5/h6,8H,1-5H3,(H,13,15)/t8-/m1/s1. The number of hydrogen-bond acceptors (Lipinski definition) is 5. The van der Waals surface area contributed by atoms with Gasteiger partial charge in [0.05, 0.1) is 5.69 Å². The largest absolute Gasteiger partial charge is 0.458 e. The van der Waals surface area contributed by atoms with Gasteiger partial charge in [-0.2, -0.15) is 0 Å². The molecule has 0 radical (unpaired) electrons. The highest BCUT2D eigenvalue weighted by molar-refractivity contribution is 5.94. The molecule has 100 valence electrons. The van der Waals surface area contributed by atoms with Crippen molar-refractivity contribution in [2.75, 3.05) is 0 Å². The van der Waals surface area contributed by atoms with E-state index in [0.717, 1.165) is 0 Å². The number of aromatic nitrogens is 1. The van der Waals surface area contributed by atoms with E-state index >= 15 is 0 Å². The molecule has 0 unspecified atom stereocenters. The zero-order valence-electron chi connectivity index (χ0n) is 11.2. The Bertz CT molecular complexity index is 445. The quantitative estimate of drug-likeness (QED) is 0.825. The Balaban J connectivity index is 2.57. The van der Waals surface area contributed by atoms with Crippen molar-refractivity contribution in [3.05, 3.63) is 17.5 Å². The van der Waals surface area contributed by atoms with Crippen LogP contribution in [0.5, 0.6) is 0 Å². The lowest BCUT2D eigenvalue weighted by Gasteiger charge is -2.22. The van der Waals surface area contributed by atoms with E-state index in [0.29, 0.717) is 5.69 Å². The van der Waals surface area contributed by atoms with Gasteiger partial charge in [0, 0.05) is 6.07 Å². The lowest BCUT2D eigenvalue weighted by molar-refractivity contribution is -0.156. The SMILES string of the molecule is Cc1cc(C(=O)N[C@H](C)C(=O)OC(C)(C)C)on1. The molecule has 0 aromatic carbocycles. The summed E-state index contributed by atoms with van der Waals surface area (Å²) in [6.45, 7) is 8.55. The maximum Gasteiger partial charge on any atom is 0.328 e. The average molecular weight is 254 g/mol. The van der Waals surface area contributed by atoms with Crippen molar-refractivity contribution in [1.82, 2.24) is 10.5 Å². The van der Waals surface area contributed by atoms with Crippen LogP contribution in [0.25, 0.3) is 0 Å². The third-order valence-electron chi connectivity index (χ3n) is 1.96. The van der Waals surface area contributed by atoms with Gasteiger partial charge in [0.15, 0.2) is 0 Å². The predicted octanol–water partition coefficient (Wildman–Crippen LogP) is 1.44. The Labute approximate surface area is 106 Å². The molecular formula is C12H18N2O4. The van der Waals surface area contributed by atoms with Gasteiger partial charge in [-0.25, -0.2) is 4.79 Å². The molecule has 1 aromatic rings. The molecule has 0 bridgehead atoms. The summed E-state index contributed by atoms with van der Waals surface area (Å²) >= 11 is 0. The van der Waals surface area contributed by atoms with Gasteiger partial charge in [-0.15, -0.1) is 0 Å². The smallest absolute Gasteiger partial charge is 0.328 e. The lowest BCUT2D eigenvalue weighted by Crippen LogP contribution is -2.42. The molecule has 6 heteroatoms. The summed E-state index contributed by atoms with van der Waals surface area (Å²) in [6, 6.07) is 0.749. The first kappa shape index (κ1) is 14.2. The number of carbonyl (C=O) groups excluding carboxylic acids is 2. The summed E-state index contributed by atoms with van der Waals surface area (Å²) in [5, 5.41) is 6.08. The molecule has 0 fully saturated rings. The molecule has 1 amide bonds. The molecule has 18 heavy (non-hydrogen) atoms. The maximum atomic E-state index is 11.7. The molecular weight excluding hydrogens is 236 g/mol. The molecule has 0 saturated carbocycles. The van der Waals surface area contributed by atoms with Crippen molar-refractivity contribution >= 4 is 11.9 Å². The Hall–Kier alpha value is -1.85. The van der Waals surface area contributed by atoms with Gasteiger partial charge >= 0.3 is 5.97 Å². The highest BCUT2D eigenvalue weighted by Gasteiger charge is 2.24. The van der Waals surface area contributed by atoms with Gasteiger partial charge < -0.3 is 14.6 Å². The van der Waals surface area contributed by atoms with E-state index in [4.69, 9.17) is 9.26 Å². The first-order chi connectivity index (χ1) is 8.19. The van der Waals surface area contributed by atoms with Crippen molar-refractivity contribution in [3.8, 4) is 0 Å². The number of esters is 1. The second-order valence-electron chi connectivity index (χ2n) is 5.06. The van der Waals surface area contributed by atoms with Gasteiger partial charge in [0.2, 0.25) is 5.76 Å². The zero-order valence-corrected chi connectivity index (χ0v) is 11.2. The fourth-order valence-corrected chi connectivity index (χ4v) is 1.19. The summed E-state index contributed by atoms with van der Waals surface area (Å²) in [4.78, 5) is 23.3. The van der Waals surface area contributed by atoms with Crippen molar-refractivity contribution in [2.24, 2.45) is 0 Å². The maximum absolute atomic E-state index is 11.7. The monoisotopic (exact) mass is 254 g/mol. The Kier molecular flexibility index (Phi) is 4.11. The molecule has 6 nitrogen and oxygen atoms in total. The molecule has 1 N–H and O–H groups in total. The van der Waals surface area contributed by atoms with Gasteiger partial charge in [-0.05, 0) is 34.6 Å². The molecule has 0 saturated heterocycles. The van der Waals surface area contributed by atoms with Crippen molar-refractivity contribution in [1.29, 1.82) is 0 Å². The summed E-state index contributed by atoms with van der Waals surface area (Å²) < 4.78 is 9.94. The van der Waals surface area contributed by atoms with Crippen LogP contribution in [0.15, 0.2) is 10.6 Å². The summed E-state index contributed by atoms with van der Waals surface area (Å²) in [6.07, 6.45) is 0. The van der Waals surface area contributed by atoms with Crippen molar-refractivity contribution in [2.45, 2.75) is 46.3 Å². The Morgan fingerprint density at radius 2 is 2.06 bits per heavy atom. The van der Waals surface area contributed by atoms with E-state index in [1.165, 1.54) is 6.07 Å². The average Bonchev–Trinajstić information content (AvgIpc) is 2.62. The van der Waals surface area contributed by atoms with E-state index in [-0.39, 0.29) is 5.76 Å². The van der Waals surface area contributed by atoms with Crippen LogP contribution in [0.3, 0.4) is 0 Å². The number of nitrogens with zero attached hydrogens (tertiary/aromatic N) is 1. The first-order valence-corrected chi connectivity index (χ1v) is 5.66. The molecule has 0 aliphatic heterocycles. The molecule has 0 aliphatic carbocycles. The van der Waals surface area contributed by atoms with E-state index in [9.17, 15) is 9.59 Å². The van der Waals surface area contributed by atoms with Gasteiger partial charge in [-0.3, -0.25) is 4.79 Å². The summed E-state index contributed by atoms with van der Waals surface area (Å²) in [5.41, 5.74) is 0.0175. The third kappa shape index (κ3) is 4.20. The molecule has 1 aromatic heterocycles. The fraction of sp³-hybridized carbons (Fsp3) is 0.583. The number of hydrogen-bond donors (Lipinski definition) is 1. The van der Waals surface area contributed by atoms with E-state index in [2.05, 4.69) is 10.5 Å². The van der Waals surface area contributed by atoms with Crippen LogP contribution in [0, 0.1) is 6.92 Å². The highest BCUT2D eigenvalue weighted by Crippen LogP contribution is 2.09. The fourth-order valence-electron chi connectivity index (χ4n) is 1.19. The number of amides is 1. The second-order valence-corrected chi connectivity index (χ2v) is 5.06. The number of nitrogens with one attached hydrogen (secondary N) is 1. The van der Waals surface area contributed by atoms with Crippen molar-refractivity contribution in [3.63, 3.8) is 0 Å². The number of rotatable bonds is 3. The molecule has 1 atom stereocenters. The Morgan fingerprint density at radius 3 is 2.50 bits per heavy atom. The van der Waals surface area contributed by atoms with E-state index < -0.39 is 23.5 Å². The van der Waals surface area contributed by atoms with E-state index in [1.54, 1.807) is 34.6 Å². The topological polar surface area (TPSA) is 81.4 Å². The van der Waals surface area contributed by atoms with Crippen LogP contribution in [-0.2, 0) is 9.53 Å². The van der Waals surface area contributed by atoms with Crippen LogP contribution in [0.2, 0.25) is 0 Å². The normalized spacial score (nSPS) is 12.9. The van der Waals surface area contributed by atoms with Crippen LogP contribution >= 0.6 is 0 Å². The van der Waals surface area contributed by atoms with Gasteiger partial charge in [-0.1, -0.05) is 5.16 Å². The minimum Gasteiger partial charge on any atom is -0.458 e. The second kappa shape index (κ2) is 5.20. The predicted molar refractivity (Wildman–Crippen MR) is 64.0 cm³/mol. The minimum absolute atomic E-state index is 0.0721. The lowest BCUT2D eigenvalue weighted by atomic mass is 10.2. The van der Waals surface area contributed by atoms with Crippen LogP contribution in [0.1, 0.15) is 43.9 Å². The molecule has 1 heterocycles. The number of ether oxygens (including phenoxy) is 1. The Morgan fingerprint density at radius 1 is 1.44 bits per heavy atom. The third-order valence-corrected chi connectivity index (χ3v) is 1.96. The summed E-state index contributed by atoms with van der Waals surface area (Å²) in [7, 11) is 0. The van der Waals surface area contributed by atoms with Gasteiger partial charge in [0.25, 0.3) is 5.91 Å². The number of aryl methyl sites for hydroxylation is 1. The van der Waals surface area contributed by atoms with Crippen LogP contribution in [0.4, 0.5) is 0 Å². The molecule has 0 spiro atoms. The number of carbonyl (C=O) groups is 2. The van der Waals surface area contributed by atoms with E-state index in [1.807, 2.05) is 0 Å². The molecule has 0 aliphatic rings. The van der Waals surface area contributed by atoms with Crippen LogP contribution < -0.4 is 5.32 Å².